The minimum absolute atomic E-state index is 0.171. The number of carbonyl (C=O) groups excluding carboxylic acids is 1. The van der Waals surface area contributed by atoms with Crippen molar-refractivity contribution in [3.63, 3.8) is 0 Å². The van der Waals surface area contributed by atoms with Gasteiger partial charge in [0.25, 0.3) is 5.56 Å². The zero-order chi connectivity index (χ0) is 23.7. The lowest BCUT2D eigenvalue weighted by atomic mass is 10.1. The van der Waals surface area contributed by atoms with E-state index in [0.717, 1.165) is 13.5 Å². The molecular weight excluding hydrogens is 552 g/mol. The summed E-state index contributed by atoms with van der Waals surface area (Å²) >= 11 is 3.33. The lowest BCUT2D eigenvalue weighted by molar-refractivity contribution is -0.123. The third-order valence-electron chi connectivity index (χ3n) is 5.21. The number of aliphatic hydroxyl groups excluding tert-OH is 1. The van der Waals surface area contributed by atoms with E-state index >= 15 is 0 Å². The van der Waals surface area contributed by atoms with Gasteiger partial charge in [-0.3, -0.25) is 14.2 Å². The Bertz CT molecular complexity index is 1300. The molecule has 172 valence electrons. The highest BCUT2D eigenvalue weighted by atomic mass is 127. The largest absolute Gasteiger partial charge is 0.496 e. The molecule has 0 bridgehead atoms. The monoisotopic (exact) mass is 575 g/mol. The van der Waals surface area contributed by atoms with Gasteiger partial charge < -0.3 is 15.2 Å². The highest BCUT2D eigenvalue weighted by molar-refractivity contribution is 14.1. The molecule has 0 aliphatic heterocycles. The minimum atomic E-state index is -1.30. The fourth-order valence-electron chi connectivity index (χ4n) is 3.52. The van der Waals surface area contributed by atoms with E-state index in [2.05, 4.69) is 27.9 Å². The Labute approximate surface area is 200 Å². The molecule has 0 saturated heterocycles. The van der Waals surface area contributed by atoms with Gasteiger partial charge in [0.2, 0.25) is 5.91 Å². The number of methoxy groups -OCH3 is 1. The van der Waals surface area contributed by atoms with Crippen LogP contribution >= 0.6 is 33.9 Å². The van der Waals surface area contributed by atoms with Gasteiger partial charge in [0.15, 0.2) is 0 Å². The molecule has 0 radical (unpaired) electrons. The molecule has 0 aliphatic rings. The zero-order valence-electron chi connectivity index (χ0n) is 17.9. The smallest absolute Gasteiger partial charge is 0.332 e. The molecule has 1 aromatic carbocycles. The number of hydrogen-bond donors (Lipinski definition) is 2. The van der Waals surface area contributed by atoms with E-state index in [1.54, 1.807) is 13.8 Å². The Morgan fingerprint density at radius 2 is 2.06 bits per heavy atom. The van der Waals surface area contributed by atoms with Crippen molar-refractivity contribution in [2.75, 3.05) is 13.7 Å². The van der Waals surface area contributed by atoms with E-state index in [9.17, 15) is 23.9 Å². The summed E-state index contributed by atoms with van der Waals surface area (Å²) in [6.07, 6.45) is -1.30. The van der Waals surface area contributed by atoms with Crippen LogP contribution in [0.15, 0.2) is 27.8 Å². The molecule has 3 aromatic rings. The fraction of sp³-hybridized carbons (Fsp3) is 0.381. The van der Waals surface area contributed by atoms with Crippen LogP contribution in [0.2, 0.25) is 0 Å². The second-order valence-corrected chi connectivity index (χ2v) is 10.0. The number of carbonyl (C=O) groups is 1. The van der Waals surface area contributed by atoms with Crippen molar-refractivity contribution >= 4 is 50.1 Å². The van der Waals surface area contributed by atoms with Gasteiger partial charge in [0, 0.05) is 12.1 Å². The summed E-state index contributed by atoms with van der Waals surface area (Å²) in [5.41, 5.74) is -0.424. The number of amides is 1. The molecule has 2 atom stereocenters. The zero-order valence-corrected chi connectivity index (χ0v) is 20.9. The molecular formula is C21H23FIN3O5S. The molecule has 32 heavy (non-hydrogen) atoms. The highest BCUT2D eigenvalue weighted by Gasteiger charge is 2.26. The van der Waals surface area contributed by atoms with Gasteiger partial charge in [-0.25, -0.2) is 13.8 Å². The first-order chi connectivity index (χ1) is 15.1. The highest BCUT2D eigenvalue weighted by Crippen LogP contribution is 2.31. The average Bonchev–Trinajstić information content (AvgIpc) is 3.05. The Morgan fingerprint density at radius 3 is 2.69 bits per heavy atom. The van der Waals surface area contributed by atoms with Crippen molar-refractivity contribution in [3.05, 3.63) is 58.9 Å². The minimum Gasteiger partial charge on any atom is -0.496 e. The van der Waals surface area contributed by atoms with Crippen LogP contribution in [0.4, 0.5) is 4.39 Å². The number of halogens is 2. The number of nitrogens with zero attached hydrogens (tertiary/aromatic N) is 2. The number of likely N-dealkylation sites (N-methyl/N-ethyl adjacent to an activating group) is 1. The van der Waals surface area contributed by atoms with Crippen molar-refractivity contribution in [2.45, 2.75) is 39.5 Å². The Hall–Kier alpha value is -2.25. The van der Waals surface area contributed by atoms with Crippen molar-refractivity contribution in [2.24, 2.45) is 0 Å². The number of aromatic nitrogens is 2. The number of aryl methyl sites for hydroxylation is 1. The van der Waals surface area contributed by atoms with E-state index in [1.165, 1.54) is 42.1 Å². The second kappa shape index (κ2) is 9.71. The maximum absolute atomic E-state index is 13.8. The number of fused-ring (bicyclic) bond motifs is 1. The summed E-state index contributed by atoms with van der Waals surface area (Å²) in [7, 11) is 1.40. The molecule has 0 saturated carbocycles. The first kappa shape index (κ1) is 24.4. The van der Waals surface area contributed by atoms with Gasteiger partial charge in [-0.15, -0.1) is 11.3 Å². The van der Waals surface area contributed by atoms with Crippen LogP contribution in [0.25, 0.3) is 10.2 Å². The molecule has 8 nitrogen and oxygen atoms in total. The molecule has 2 heterocycles. The first-order valence-electron chi connectivity index (χ1n) is 9.85. The number of rotatable bonds is 7. The van der Waals surface area contributed by atoms with E-state index < -0.39 is 35.1 Å². The predicted octanol–water partition coefficient (Wildman–Crippen LogP) is 2.72. The van der Waals surface area contributed by atoms with Crippen molar-refractivity contribution in [1.82, 2.24) is 14.5 Å². The van der Waals surface area contributed by atoms with Crippen LogP contribution < -0.4 is 21.3 Å². The van der Waals surface area contributed by atoms with Crippen LogP contribution in [0.5, 0.6) is 5.75 Å². The Balaban J connectivity index is 2.24. The maximum atomic E-state index is 13.8. The Morgan fingerprint density at radius 1 is 1.38 bits per heavy atom. The second-order valence-electron chi connectivity index (χ2n) is 7.22. The topological polar surface area (TPSA) is 103 Å². The molecule has 0 aliphatic carbocycles. The number of aliphatic hydroxyl groups is 1. The van der Waals surface area contributed by atoms with Gasteiger partial charge in [0.1, 0.15) is 28.5 Å². The van der Waals surface area contributed by atoms with Crippen LogP contribution in [-0.2, 0) is 11.3 Å². The summed E-state index contributed by atoms with van der Waals surface area (Å²) < 4.78 is 22.0. The molecule has 0 fully saturated rings. The number of benzene rings is 1. The summed E-state index contributed by atoms with van der Waals surface area (Å²) in [5.74, 6) is -0.759. The third kappa shape index (κ3) is 4.33. The third-order valence-corrected chi connectivity index (χ3v) is 7.78. The van der Waals surface area contributed by atoms with Gasteiger partial charge in [-0.05, 0) is 67.1 Å². The summed E-state index contributed by atoms with van der Waals surface area (Å²) in [6, 6.07) is 2.69. The SMILES string of the molecule is CCNC(=O)C(C)n1c(=O)c2c(C)c(I)sc2n(C[C@H](O)c2cc(F)ccc2OC)c1=O. The van der Waals surface area contributed by atoms with E-state index in [1.807, 2.05) is 0 Å². The van der Waals surface area contributed by atoms with Crippen LogP contribution in [0.3, 0.4) is 0 Å². The molecule has 3 rings (SSSR count). The maximum Gasteiger partial charge on any atom is 0.332 e. The van der Waals surface area contributed by atoms with E-state index in [-0.39, 0.29) is 17.9 Å². The lowest BCUT2D eigenvalue weighted by Gasteiger charge is -2.20. The fourth-order valence-corrected chi connectivity index (χ4v) is 5.44. The number of thiophene rings is 1. The van der Waals surface area contributed by atoms with Gasteiger partial charge in [0.05, 0.1) is 21.9 Å². The molecule has 2 N–H and O–H groups in total. The molecule has 1 amide bonds. The molecule has 1 unspecified atom stereocenters. The van der Waals surface area contributed by atoms with Crippen LogP contribution in [0.1, 0.15) is 37.1 Å². The van der Waals surface area contributed by atoms with Gasteiger partial charge in [-0.2, -0.15) is 0 Å². The average molecular weight is 575 g/mol. The molecule has 2 aromatic heterocycles. The van der Waals surface area contributed by atoms with E-state index in [4.69, 9.17) is 4.74 Å². The summed E-state index contributed by atoms with van der Waals surface area (Å²) in [6.45, 7) is 5.07. The number of ether oxygens (including phenoxy) is 1. The summed E-state index contributed by atoms with van der Waals surface area (Å²) in [4.78, 5) is 39.4. The number of nitrogens with one attached hydrogen (secondary N) is 1. The van der Waals surface area contributed by atoms with Gasteiger partial charge >= 0.3 is 5.69 Å². The molecule has 11 heteroatoms. The lowest BCUT2D eigenvalue weighted by Crippen LogP contribution is -2.46. The van der Waals surface area contributed by atoms with Crippen molar-refractivity contribution in [3.8, 4) is 5.75 Å². The normalized spacial score (nSPS) is 13.2. The quantitative estimate of drug-likeness (QED) is 0.422. The van der Waals surface area contributed by atoms with Crippen LogP contribution in [0, 0.1) is 15.6 Å². The molecule has 0 spiro atoms. The first-order valence-corrected chi connectivity index (χ1v) is 11.7. The Kier molecular flexibility index (Phi) is 7.40. The van der Waals surface area contributed by atoms with Gasteiger partial charge in [-0.1, -0.05) is 0 Å². The van der Waals surface area contributed by atoms with E-state index in [0.29, 0.717) is 22.3 Å². The van der Waals surface area contributed by atoms with Crippen molar-refractivity contribution < 1.29 is 19.0 Å². The standard InChI is InChI=1S/C21H23FIN3O5S/c1-5-24-18(28)11(3)26-19(29)16-10(2)17(23)32-20(16)25(21(26)30)9-14(27)13-8-12(22)6-7-15(13)31-4/h6-8,11,14,27H,5,9H2,1-4H3,(H,24,28)/t11?,14-/m0/s1. The summed E-state index contributed by atoms with van der Waals surface area (Å²) in [5, 5.41) is 13.8. The van der Waals surface area contributed by atoms with Crippen LogP contribution in [-0.4, -0.2) is 33.8 Å². The van der Waals surface area contributed by atoms with Crippen molar-refractivity contribution in [1.29, 1.82) is 0 Å². The number of hydrogen-bond acceptors (Lipinski definition) is 6. The predicted molar refractivity (Wildman–Crippen MR) is 129 cm³/mol.